The fraction of sp³-hybridized carbons (Fsp3) is 0. The van der Waals surface area contributed by atoms with Gasteiger partial charge < -0.3 is 4.57 Å². The topological polar surface area (TPSA) is 30.7 Å². The molecule has 12 aromatic rings. The smallest absolute Gasteiger partial charge is 0.161 e. The second-order valence-corrected chi connectivity index (χ2v) is 15.1. The van der Waals surface area contributed by atoms with E-state index in [0.29, 0.717) is 0 Å². The molecule has 9 aromatic carbocycles. The van der Waals surface area contributed by atoms with Crippen LogP contribution >= 0.6 is 11.3 Å². The highest BCUT2D eigenvalue weighted by atomic mass is 32.1. The maximum Gasteiger partial charge on any atom is 0.161 e. The van der Waals surface area contributed by atoms with E-state index < -0.39 is 0 Å². The molecular weight excluding hydrogens is 675 g/mol. The molecule has 0 radical (unpaired) electrons. The van der Waals surface area contributed by atoms with Crippen LogP contribution in [0, 0.1) is 0 Å². The first-order valence-electron chi connectivity index (χ1n) is 18.3. The molecule has 3 nitrogen and oxygen atoms in total. The van der Waals surface area contributed by atoms with Gasteiger partial charge in [-0.15, -0.1) is 11.3 Å². The molecule has 0 fully saturated rings. The molecule has 0 saturated carbocycles. The first kappa shape index (κ1) is 29.7. The Balaban J connectivity index is 1.24. The number of aromatic nitrogens is 3. The van der Waals surface area contributed by atoms with Gasteiger partial charge in [-0.3, -0.25) is 0 Å². The van der Waals surface area contributed by atoms with Gasteiger partial charge in [-0.2, -0.15) is 0 Å². The highest BCUT2D eigenvalue weighted by molar-refractivity contribution is 7.27. The first-order chi connectivity index (χ1) is 26.8. The van der Waals surface area contributed by atoms with Gasteiger partial charge in [0.15, 0.2) is 5.82 Å². The van der Waals surface area contributed by atoms with E-state index in [2.05, 4.69) is 174 Å². The third kappa shape index (κ3) is 4.11. The predicted octanol–water partition coefficient (Wildman–Crippen LogP) is 13.9. The zero-order valence-electron chi connectivity index (χ0n) is 29.0. The zero-order chi connectivity index (χ0) is 35.3. The van der Waals surface area contributed by atoms with Gasteiger partial charge in [-0.05, 0) is 57.3 Å². The number of thiophene rings is 1. The highest BCUT2D eigenvalue weighted by Crippen LogP contribution is 2.50. The zero-order valence-corrected chi connectivity index (χ0v) is 29.8. The van der Waals surface area contributed by atoms with Crippen LogP contribution < -0.4 is 0 Å². The molecule has 3 aromatic heterocycles. The van der Waals surface area contributed by atoms with Crippen molar-refractivity contribution in [1.82, 2.24) is 14.5 Å². The van der Waals surface area contributed by atoms with Crippen molar-refractivity contribution in [2.75, 3.05) is 0 Å². The summed E-state index contributed by atoms with van der Waals surface area (Å²) in [7, 11) is 0. The Labute approximate surface area is 314 Å². The van der Waals surface area contributed by atoms with Crippen LogP contribution in [0.4, 0.5) is 0 Å². The van der Waals surface area contributed by atoms with Crippen LogP contribution in [0.1, 0.15) is 0 Å². The monoisotopic (exact) mass is 703 g/mol. The van der Waals surface area contributed by atoms with Gasteiger partial charge in [0.1, 0.15) is 0 Å². The van der Waals surface area contributed by atoms with E-state index in [1.54, 1.807) is 0 Å². The van der Waals surface area contributed by atoms with E-state index in [1.165, 1.54) is 63.5 Å². The Bertz CT molecular complexity index is 3500. The molecule has 0 spiro atoms. The number of benzene rings is 9. The number of para-hydroxylation sites is 1. The quantitative estimate of drug-likeness (QED) is 0.183. The lowest BCUT2D eigenvalue weighted by Gasteiger charge is -2.16. The van der Waals surface area contributed by atoms with Crippen LogP contribution in [0.25, 0.3) is 114 Å². The lowest BCUT2D eigenvalue weighted by Crippen LogP contribution is -1.99. The first-order valence-corrected chi connectivity index (χ1v) is 19.2. The van der Waals surface area contributed by atoms with Crippen LogP contribution in [0.3, 0.4) is 0 Å². The molecule has 0 aliphatic rings. The molecule has 3 heterocycles. The maximum atomic E-state index is 5.30. The molecular formula is C50H29N3S. The van der Waals surface area contributed by atoms with E-state index >= 15 is 0 Å². The molecule has 0 bridgehead atoms. The summed E-state index contributed by atoms with van der Waals surface area (Å²) in [6.45, 7) is 0. The van der Waals surface area contributed by atoms with Crippen molar-refractivity contribution in [3.05, 3.63) is 176 Å². The van der Waals surface area contributed by atoms with Crippen molar-refractivity contribution < 1.29 is 0 Å². The Hall–Kier alpha value is -6.88. The Morgan fingerprint density at radius 2 is 1.07 bits per heavy atom. The van der Waals surface area contributed by atoms with E-state index in [1.807, 2.05) is 17.4 Å². The third-order valence-corrected chi connectivity index (χ3v) is 12.3. The van der Waals surface area contributed by atoms with Gasteiger partial charge >= 0.3 is 0 Å². The van der Waals surface area contributed by atoms with Gasteiger partial charge in [0.2, 0.25) is 0 Å². The van der Waals surface area contributed by atoms with E-state index in [9.17, 15) is 0 Å². The SMILES string of the molecule is c1ccc(-c2nc(-c3ccc(-n4c5ccc6ccccc6c5c5c6ccccc6c6c7ccccc7sc6c54)c4ccccc34)nc3ccccc23)cc1. The van der Waals surface area contributed by atoms with Crippen molar-refractivity contribution in [1.29, 1.82) is 0 Å². The van der Waals surface area contributed by atoms with Crippen molar-refractivity contribution in [3.8, 4) is 28.3 Å². The molecule has 0 aliphatic carbocycles. The number of nitrogens with zero attached hydrogens (tertiary/aromatic N) is 3. The molecule has 4 heteroatoms. The summed E-state index contributed by atoms with van der Waals surface area (Å²) in [5.41, 5.74) is 7.56. The number of fused-ring (bicyclic) bond motifs is 14. The fourth-order valence-electron chi connectivity index (χ4n) is 8.87. The van der Waals surface area contributed by atoms with Crippen LogP contribution in [-0.2, 0) is 0 Å². The van der Waals surface area contributed by atoms with Gasteiger partial charge in [0, 0.05) is 48.1 Å². The minimum absolute atomic E-state index is 0.724. The van der Waals surface area contributed by atoms with Crippen LogP contribution in [0.15, 0.2) is 176 Å². The summed E-state index contributed by atoms with van der Waals surface area (Å²) in [6, 6.07) is 63.4. The number of hydrogen-bond donors (Lipinski definition) is 0. The maximum absolute atomic E-state index is 5.30. The van der Waals surface area contributed by atoms with E-state index in [0.717, 1.165) is 50.0 Å². The molecule has 250 valence electrons. The lowest BCUT2D eigenvalue weighted by molar-refractivity contribution is 1.20. The minimum Gasteiger partial charge on any atom is -0.307 e. The average Bonchev–Trinajstić information content (AvgIpc) is 3.80. The second kappa shape index (κ2) is 11.3. The van der Waals surface area contributed by atoms with Crippen LogP contribution in [0.5, 0.6) is 0 Å². The molecule has 0 amide bonds. The van der Waals surface area contributed by atoms with Crippen molar-refractivity contribution in [2.45, 2.75) is 0 Å². The van der Waals surface area contributed by atoms with Gasteiger partial charge in [0.05, 0.1) is 32.6 Å². The predicted molar refractivity (Wildman–Crippen MR) is 230 cm³/mol. The summed E-state index contributed by atoms with van der Waals surface area (Å²) in [5.74, 6) is 0.724. The van der Waals surface area contributed by atoms with Gasteiger partial charge in [-0.25, -0.2) is 9.97 Å². The van der Waals surface area contributed by atoms with Gasteiger partial charge in [-0.1, -0.05) is 146 Å². The summed E-state index contributed by atoms with van der Waals surface area (Å²) in [5, 5.41) is 13.6. The van der Waals surface area contributed by atoms with Crippen LogP contribution in [-0.4, -0.2) is 14.5 Å². The molecule has 0 N–H and O–H groups in total. The number of hydrogen-bond acceptors (Lipinski definition) is 3. The largest absolute Gasteiger partial charge is 0.307 e. The Kier molecular flexibility index (Phi) is 6.21. The van der Waals surface area contributed by atoms with E-state index in [-0.39, 0.29) is 0 Å². The normalized spacial score (nSPS) is 12.1. The molecule has 0 aliphatic heterocycles. The summed E-state index contributed by atoms with van der Waals surface area (Å²) in [4.78, 5) is 10.5. The molecule has 0 atom stereocenters. The van der Waals surface area contributed by atoms with E-state index in [4.69, 9.17) is 9.97 Å². The molecule has 0 saturated heterocycles. The minimum atomic E-state index is 0.724. The number of rotatable bonds is 3. The summed E-state index contributed by atoms with van der Waals surface area (Å²) in [6.07, 6.45) is 0. The standard InChI is InChI=1S/C50H29N3S/c1-2-15-31(16-3-1)47-38-22-10-12-24-40(38)51-50(52-47)37-27-29-41(34-19-7-6-18-33(34)37)53-42-28-26-30-14-4-5-17-32(30)45(42)46-36-21-9-8-20-35(36)44-39-23-11-13-25-43(39)54-49(44)48(46)53/h1-29H. The lowest BCUT2D eigenvalue weighted by atomic mass is 9.97. The van der Waals surface area contributed by atoms with Crippen molar-refractivity contribution >= 4 is 96.5 Å². The second-order valence-electron chi connectivity index (χ2n) is 14.0. The Morgan fingerprint density at radius 3 is 1.91 bits per heavy atom. The molecule has 0 unspecified atom stereocenters. The summed E-state index contributed by atoms with van der Waals surface area (Å²) >= 11 is 1.90. The average molecular weight is 704 g/mol. The molecule has 54 heavy (non-hydrogen) atoms. The Morgan fingerprint density at radius 1 is 0.426 bits per heavy atom. The summed E-state index contributed by atoms with van der Waals surface area (Å²) < 4.78 is 5.16. The molecule has 12 rings (SSSR count). The highest BCUT2D eigenvalue weighted by Gasteiger charge is 2.24. The van der Waals surface area contributed by atoms with Crippen molar-refractivity contribution in [3.63, 3.8) is 0 Å². The van der Waals surface area contributed by atoms with Crippen molar-refractivity contribution in [2.24, 2.45) is 0 Å². The van der Waals surface area contributed by atoms with Crippen LogP contribution in [0.2, 0.25) is 0 Å². The fourth-order valence-corrected chi connectivity index (χ4v) is 10.1. The van der Waals surface area contributed by atoms with Gasteiger partial charge in [0.25, 0.3) is 0 Å². The third-order valence-electron chi connectivity index (χ3n) is 11.2.